The van der Waals surface area contributed by atoms with Crippen molar-refractivity contribution in [2.45, 2.75) is 51.5 Å². The summed E-state index contributed by atoms with van der Waals surface area (Å²) in [7, 11) is 0. The quantitative estimate of drug-likeness (QED) is 0.942. The number of aryl methyl sites for hydroxylation is 1. The highest BCUT2D eigenvalue weighted by atomic mass is 32.1. The number of amides is 1. The first-order valence-corrected chi connectivity index (χ1v) is 8.23. The van der Waals surface area contributed by atoms with Crippen molar-refractivity contribution in [3.63, 3.8) is 0 Å². The van der Waals surface area contributed by atoms with Crippen LogP contribution in [0, 0.1) is 0 Å². The van der Waals surface area contributed by atoms with E-state index < -0.39 is 0 Å². The highest BCUT2D eigenvalue weighted by Gasteiger charge is 2.21. The minimum absolute atomic E-state index is 0.139. The summed E-state index contributed by atoms with van der Waals surface area (Å²) in [5.41, 5.74) is 0.751. The molecular weight excluding hydrogens is 286 g/mol. The summed E-state index contributed by atoms with van der Waals surface area (Å²) in [5, 5.41) is 11.3. The van der Waals surface area contributed by atoms with Gasteiger partial charge in [-0.05, 0) is 30.8 Å². The van der Waals surface area contributed by atoms with Gasteiger partial charge in [-0.25, -0.2) is 4.68 Å². The summed E-state index contributed by atoms with van der Waals surface area (Å²) >= 11 is 1.14. The van der Waals surface area contributed by atoms with Crippen LogP contribution in [0.2, 0.25) is 0 Å². The van der Waals surface area contributed by atoms with Crippen LogP contribution in [-0.2, 0) is 6.42 Å². The Labute approximate surface area is 127 Å². The SMILES string of the molecule is CCc1nnsc1C(=O)Nc1ccnn1C1CCCCC1. The minimum atomic E-state index is -0.139. The van der Waals surface area contributed by atoms with Crippen LogP contribution in [0.25, 0.3) is 0 Å². The molecule has 2 aromatic heterocycles. The van der Waals surface area contributed by atoms with Crippen molar-refractivity contribution in [1.82, 2.24) is 19.4 Å². The Morgan fingerprint density at radius 2 is 2.24 bits per heavy atom. The van der Waals surface area contributed by atoms with Gasteiger partial charge >= 0.3 is 0 Å². The Bertz CT molecular complexity index is 614. The van der Waals surface area contributed by atoms with Gasteiger partial charge in [0.25, 0.3) is 5.91 Å². The van der Waals surface area contributed by atoms with E-state index in [1.807, 2.05) is 17.7 Å². The maximum absolute atomic E-state index is 12.4. The van der Waals surface area contributed by atoms with E-state index in [1.54, 1.807) is 6.20 Å². The van der Waals surface area contributed by atoms with Gasteiger partial charge in [0.05, 0.1) is 17.9 Å². The number of hydrogen-bond donors (Lipinski definition) is 1. The number of nitrogens with one attached hydrogen (secondary N) is 1. The van der Waals surface area contributed by atoms with E-state index in [0.29, 0.717) is 17.3 Å². The maximum atomic E-state index is 12.4. The molecule has 0 aromatic carbocycles. The number of carbonyl (C=O) groups excluding carboxylic acids is 1. The Hall–Kier alpha value is -1.76. The third-order valence-electron chi connectivity index (χ3n) is 3.93. The molecule has 2 heterocycles. The molecule has 0 atom stereocenters. The summed E-state index contributed by atoms with van der Waals surface area (Å²) in [6, 6.07) is 2.25. The Kier molecular flexibility index (Phi) is 4.28. The van der Waals surface area contributed by atoms with Crippen LogP contribution < -0.4 is 5.32 Å². The molecule has 0 bridgehead atoms. The normalized spacial score (nSPS) is 16.0. The third-order valence-corrected chi connectivity index (χ3v) is 4.70. The summed E-state index contributed by atoms with van der Waals surface area (Å²) in [4.78, 5) is 13.0. The lowest BCUT2D eigenvalue weighted by Crippen LogP contribution is -2.20. The van der Waals surface area contributed by atoms with Gasteiger partial charge in [0.1, 0.15) is 10.7 Å². The number of nitrogens with zero attached hydrogens (tertiary/aromatic N) is 4. The van der Waals surface area contributed by atoms with Gasteiger partial charge in [-0.15, -0.1) is 5.10 Å². The van der Waals surface area contributed by atoms with E-state index in [9.17, 15) is 4.79 Å². The minimum Gasteiger partial charge on any atom is -0.306 e. The molecule has 1 aliphatic carbocycles. The number of rotatable bonds is 4. The smallest absolute Gasteiger partial charge is 0.270 e. The number of aromatic nitrogens is 4. The first kappa shape index (κ1) is 14.2. The number of hydrogen-bond acceptors (Lipinski definition) is 5. The van der Waals surface area contributed by atoms with Crippen molar-refractivity contribution in [3.05, 3.63) is 22.8 Å². The van der Waals surface area contributed by atoms with Crippen LogP contribution in [0.15, 0.2) is 12.3 Å². The second-order valence-electron chi connectivity index (χ2n) is 5.31. The molecule has 1 fully saturated rings. The topological polar surface area (TPSA) is 72.7 Å². The Morgan fingerprint density at radius 1 is 1.43 bits per heavy atom. The van der Waals surface area contributed by atoms with Gasteiger partial charge in [0, 0.05) is 6.07 Å². The predicted molar refractivity (Wildman–Crippen MR) is 81.6 cm³/mol. The Balaban J connectivity index is 1.76. The average molecular weight is 305 g/mol. The van der Waals surface area contributed by atoms with Crippen LogP contribution in [0.5, 0.6) is 0 Å². The summed E-state index contributed by atoms with van der Waals surface area (Å²) in [6.07, 6.45) is 8.48. The Morgan fingerprint density at radius 3 is 3.00 bits per heavy atom. The highest BCUT2D eigenvalue weighted by Crippen LogP contribution is 2.30. The predicted octanol–water partition coefficient (Wildman–Crippen LogP) is 3.05. The van der Waals surface area contributed by atoms with Gasteiger partial charge in [-0.1, -0.05) is 30.7 Å². The number of carbonyl (C=O) groups is 1. The van der Waals surface area contributed by atoms with Gasteiger partial charge in [-0.3, -0.25) is 4.79 Å². The van der Waals surface area contributed by atoms with E-state index in [1.165, 1.54) is 19.3 Å². The van der Waals surface area contributed by atoms with Crippen LogP contribution in [0.3, 0.4) is 0 Å². The van der Waals surface area contributed by atoms with Crippen molar-refractivity contribution in [2.24, 2.45) is 0 Å². The second kappa shape index (κ2) is 6.34. The molecule has 0 radical (unpaired) electrons. The molecule has 0 spiro atoms. The van der Waals surface area contributed by atoms with Gasteiger partial charge < -0.3 is 5.32 Å². The zero-order valence-electron chi connectivity index (χ0n) is 12.1. The summed E-state index contributed by atoms with van der Waals surface area (Å²) in [6.45, 7) is 1.97. The molecule has 2 aromatic rings. The molecular formula is C14H19N5OS. The van der Waals surface area contributed by atoms with E-state index in [-0.39, 0.29) is 5.91 Å². The van der Waals surface area contributed by atoms with Crippen LogP contribution in [0.4, 0.5) is 5.82 Å². The molecule has 112 valence electrons. The van der Waals surface area contributed by atoms with E-state index >= 15 is 0 Å². The van der Waals surface area contributed by atoms with Crippen molar-refractivity contribution >= 4 is 23.3 Å². The molecule has 21 heavy (non-hydrogen) atoms. The average Bonchev–Trinajstić information content (AvgIpc) is 3.16. The van der Waals surface area contributed by atoms with E-state index in [2.05, 4.69) is 20.0 Å². The number of anilines is 1. The highest BCUT2D eigenvalue weighted by molar-refractivity contribution is 7.08. The van der Waals surface area contributed by atoms with Crippen LogP contribution >= 0.6 is 11.5 Å². The largest absolute Gasteiger partial charge is 0.306 e. The van der Waals surface area contributed by atoms with Gasteiger partial charge in [0.2, 0.25) is 0 Å². The standard InChI is InChI=1S/C14H19N5OS/c1-2-11-13(21-18-17-11)14(20)16-12-8-9-15-19(12)10-6-4-3-5-7-10/h8-10H,2-7H2,1H3,(H,16,20). The third kappa shape index (κ3) is 2.97. The van der Waals surface area contributed by atoms with Crippen molar-refractivity contribution in [1.29, 1.82) is 0 Å². The molecule has 6 nitrogen and oxygen atoms in total. The molecule has 0 unspecified atom stereocenters. The van der Waals surface area contributed by atoms with Gasteiger partial charge in [-0.2, -0.15) is 5.10 Å². The van der Waals surface area contributed by atoms with Gasteiger partial charge in [0.15, 0.2) is 0 Å². The lowest BCUT2D eigenvalue weighted by atomic mass is 9.96. The van der Waals surface area contributed by atoms with Crippen LogP contribution in [0.1, 0.15) is 60.4 Å². The molecule has 1 saturated carbocycles. The zero-order chi connectivity index (χ0) is 14.7. The first-order valence-electron chi connectivity index (χ1n) is 7.45. The van der Waals surface area contributed by atoms with Crippen molar-refractivity contribution in [2.75, 3.05) is 5.32 Å². The molecule has 0 saturated heterocycles. The van der Waals surface area contributed by atoms with E-state index in [0.717, 1.165) is 35.9 Å². The fourth-order valence-corrected chi connectivity index (χ4v) is 3.46. The summed E-state index contributed by atoms with van der Waals surface area (Å²) in [5.74, 6) is 0.627. The summed E-state index contributed by atoms with van der Waals surface area (Å²) < 4.78 is 5.82. The molecule has 1 amide bonds. The molecule has 1 N–H and O–H groups in total. The lowest BCUT2D eigenvalue weighted by molar-refractivity contribution is 0.102. The van der Waals surface area contributed by atoms with E-state index in [4.69, 9.17) is 0 Å². The first-order chi connectivity index (χ1) is 10.3. The van der Waals surface area contributed by atoms with Crippen LogP contribution in [-0.4, -0.2) is 25.3 Å². The fourth-order valence-electron chi connectivity index (χ4n) is 2.82. The van der Waals surface area contributed by atoms with Crippen molar-refractivity contribution in [3.8, 4) is 0 Å². The zero-order valence-corrected chi connectivity index (χ0v) is 12.9. The molecule has 3 rings (SSSR count). The monoisotopic (exact) mass is 305 g/mol. The molecule has 1 aliphatic rings. The maximum Gasteiger partial charge on any atom is 0.270 e. The fraction of sp³-hybridized carbons (Fsp3) is 0.571. The molecule has 7 heteroatoms. The van der Waals surface area contributed by atoms with Crippen molar-refractivity contribution < 1.29 is 4.79 Å². The molecule has 0 aliphatic heterocycles. The second-order valence-corrected chi connectivity index (χ2v) is 6.06. The lowest BCUT2D eigenvalue weighted by Gasteiger charge is -2.23.